The molecule has 0 aromatic carbocycles. The van der Waals surface area contributed by atoms with Crippen LogP contribution < -0.4 is 10.6 Å². The lowest BCUT2D eigenvalue weighted by atomic mass is 10.4. The Balaban J connectivity index is 0.00000264. The Bertz CT molecular complexity index is 570. The molecule has 2 aromatic rings. The van der Waals surface area contributed by atoms with E-state index in [0.29, 0.717) is 37.7 Å². The van der Waals surface area contributed by atoms with Crippen LogP contribution in [0.25, 0.3) is 11.6 Å². The number of aliphatic imine (C=N–C) groups is 1. The number of hydrogen-bond donors (Lipinski definition) is 3. The fourth-order valence-electron chi connectivity index (χ4n) is 1.81. The van der Waals surface area contributed by atoms with Gasteiger partial charge in [0, 0.05) is 26.6 Å². The van der Waals surface area contributed by atoms with Crippen LogP contribution in [0.4, 0.5) is 0 Å². The van der Waals surface area contributed by atoms with Gasteiger partial charge >= 0.3 is 0 Å². The van der Waals surface area contributed by atoms with Gasteiger partial charge in [0.2, 0.25) is 5.82 Å². The van der Waals surface area contributed by atoms with E-state index in [0.717, 1.165) is 18.3 Å². The second kappa shape index (κ2) is 11.0. The quantitative estimate of drug-likeness (QED) is 0.252. The summed E-state index contributed by atoms with van der Waals surface area (Å²) in [6.07, 6.45) is 2.31. The van der Waals surface area contributed by atoms with E-state index in [-0.39, 0.29) is 24.0 Å². The number of nitrogens with one attached hydrogen (secondary N) is 3. The SMILES string of the molecule is CCNC(=NCCOC)NCCc1nc(-c2ccco2)n[nH]1.I. The largest absolute Gasteiger partial charge is 0.461 e. The van der Waals surface area contributed by atoms with Crippen LogP contribution in [0.15, 0.2) is 27.8 Å². The molecule has 0 aliphatic carbocycles. The second-order valence-corrected chi connectivity index (χ2v) is 4.51. The third kappa shape index (κ3) is 6.57. The van der Waals surface area contributed by atoms with Gasteiger partial charge in [-0.15, -0.1) is 24.0 Å². The van der Waals surface area contributed by atoms with Gasteiger partial charge in [-0.2, -0.15) is 5.10 Å². The van der Waals surface area contributed by atoms with Crippen LogP contribution in [0.3, 0.4) is 0 Å². The summed E-state index contributed by atoms with van der Waals surface area (Å²) in [4.78, 5) is 8.78. The van der Waals surface area contributed by atoms with Crippen LogP contribution in [-0.4, -0.2) is 54.5 Å². The first-order chi connectivity index (χ1) is 10.8. The minimum Gasteiger partial charge on any atom is -0.461 e. The Morgan fingerprint density at radius 1 is 1.43 bits per heavy atom. The Hall–Kier alpha value is -1.62. The lowest BCUT2D eigenvalue weighted by molar-refractivity contribution is 0.208. The topological polar surface area (TPSA) is 100 Å². The molecule has 0 spiro atoms. The molecule has 0 fully saturated rings. The highest BCUT2D eigenvalue weighted by Crippen LogP contribution is 2.14. The van der Waals surface area contributed by atoms with Gasteiger partial charge in [-0.05, 0) is 19.1 Å². The fourth-order valence-corrected chi connectivity index (χ4v) is 1.81. The molecular formula is C14H23IN6O2. The predicted molar refractivity (Wildman–Crippen MR) is 99.1 cm³/mol. The van der Waals surface area contributed by atoms with E-state index in [2.05, 4.69) is 30.8 Å². The predicted octanol–water partition coefficient (Wildman–Crippen LogP) is 1.43. The van der Waals surface area contributed by atoms with E-state index in [9.17, 15) is 0 Å². The molecule has 2 aromatic heterocycles. The highest BCUT2D eigenvalue weighted by Gasteiger charge is 2.08. The Morgan fingerprint density at radius 3 is 3.00 bits per heavy atom. The summed E-state index contributed by atoms with van der Waals surface area (Å²) in [6, 6.07) is 3.64. The summed E-state index contributed by atoms with van der Waals surface area (Å²) in [5.41, 5.74) is 0. The zero-order valence-corrected chi connectivity index (χ0v) is 15.7. The maximum atomic E-state index is 5.26. The molecule has 0 bridgehead atoms. The fraction of sp³-hybridized carbons (Fsp3) is 0.500. The van der Waals surface area contributed by atoms with Crippen LogP contribution in [0.2, 0.25) is 0 Å². The molecule has 0 radical (unpaired) electrons. The van der Waals surface area contributed by atoms with Gasteiger partial charge in [0.25, 0.3) is 0 Å². The molecule has 2 heterocycles. The van der Waals surface area contributed by atoms with Crippen LogP contribution in [0.1, 0.15) is 12.7 Å². The van der Waals surface area contributed by atoms with Crippen molar-refractivity contribution in [2.45, 2.75) is 13.3 Å². The summed E-state index contributed by atoms with van der Waals surface area (Å²) >= 11 is 0. The summed E-state index contributed by atoms with van der Waals surface area (Å²) in [5.74, 6) is 2.79. The molecule has 0 aliphatic heterocycles. The first-order valence-corrected chi connectivity index (χ1v) is 7.29. The zero-order chi connectivity index (χ0) is 15.6. The molecule has 8 nitrogen and oxygen atoms in total. The number of methoxy groups -OCH3 is 1. The van der Waals surface area contributed by atoms with Crippen molar-refractivity contribution in [2.24, 2.45) is 4.99 Å². The molecule has 0 amide bonds. The molecule has 9 heteroatoms. The Morgan fingerprint density at radius 2 is 2.30 bits per heavy atom. The highest BCUT2D eigenvalue weighted by molar-refractivity contribution is 14.0. The third-order valence-corrected chi connectivity index (χ3v) is 2.84. The lowest BCUT2D eigenvalue weighted by Gasteiger charge is -2.10. The van der Waals surface area contributed by atoms with E-state index < -0.39 is 0 Å². The van der Waals surface area contributed by atoms with Crippen molar-refractivity contribution in [3.8, 4) is 11.6 Å². The zero-order valence-electron chi connectivity index (χ0n) is 13.3. The number of ether oxygens (including phenoxy) is 1. The number of aromatic amines is 1. The highest BCUT2D eigenvalue weighted by atomic mass is 127. The molecular weight excluding hydrogens is 411 g/mol. The number of halogens is 1. The monoisotopic (exact) mass is 434 g/mol. The minimum atomic E-state index is 0. The molecule has 2 rings (SSSR count). The van der Waals surface area contributed by atoms with Crippen molar-refractivity contribution < 1.29 is 9.15 Å². The average Bonchev–Trinajstić information content (AvgIpc) is 3.18. The summed E-state index contributed by atoms with van der Waals surface area (Å²) in [6.45, 7) is 4.76. The smallest absolute Gasteiger partial charge is 0.216 e. The maximum Gasteiger partial charge on any atom is 0.216 e. The summed E-state index contributed by atoms with van der Waals surface area (Å²) in [7, 11) is 1.66. The van der Waals surface area contributed by atoms with Gasteiger partial charge in [-0.3, -0.25) is 10.1 Å². The molecule has 0 atom stereocenters. The number of hydrogen-bond acceptors (Lipinski definition) is 5. The summed E-state index contributed by atoms with van der Waals surface area (Å²) in [5, 5.41) is 13.5. The van der Waals surface area contributed by atoms with Gasteiger partial charge in [0.15, 0.2) is 11.7 Å². The van der Waals surface area contributed by atoms with Crippen LogP contribution in [0, 0.1) is 0 Å². The van der Waals surface area contributed by atoms with Crippen molar-refractivity contribution >= 4 is 29.9 Å². The Labute approximate surface area is 152 Å². The van der Waals surface area contributed by atoms with E-state index in [1.54, 1.807) is 13.4 Å². The third-order valence-electron chi connectivity index (χ3n) is 2.84. The normalized spacial score (nSPS) is 11.1. The molecule has 3 N–H and O–H groups in total. The van der Waals surface area contributed by atoms with E-state index >= 15 is 0 Å². The van der Waals surface area contributed by atoms with Crippen LogP contribution in [-0.2, 0) is 11.2 Å². The van der Waals surface area contributed by atoms with E-state index in [1.165, 1.54) is 0 Å². The van der Waals surface area contributed by atoms with Crippen LogP contribution in [0.5, 0.6) is 0 Å². The van der Waals surface area contributed by atoms with E-state index in [4.69, 9.17) is 9.15 Å². The van der Waals surface area contributed by atoms with Crippen LogP contribution >= 0.6 is 24.0 Å². The number of furan rings is 1. The van der Waals surface area contributed by atoms with Gasteiger partial charge in [0.05, 0.1) is 19.4 Å². The Kier molecular flexibility index (Phi) is 9.29. The van der Waals surface area contributed by atoms with Gasteiger partial charge in [-0.1, -0.05) is 0 Å². The van der Waals surface area contributed by atoms with Crippen molar-refractivity contribution in [3.05, 3.63) is 24.2 Å². The van der Waals surface area contributed by atoms with Gasteiger partial charge in [-0.25, -0.2) is 4.98 Å². The number of guanidine groups is 1. The number of H-pyrrole nitrogens is 1. The minimum absolute atomic E-state index is 0. The van der Waals surface area contributed by atoms with Gasteiger partial charge < -0.3 is 19.8 Å². The van der Waals surface area contributed by atoms with Crippen molar-refractivity contribution in [2.75, 3.05) is 33.4 Å². The van der Waals surface area contributed by atoms with Crippen molar-refractivity contribution in [1.82, 2.24) is 25.8 Å². The van der Waals surface area contributed by atoms with Gasteiger partial charge in [0.1, 0.15) is 5.82 Å². The molecule has 0 saturated carbocycles. The average molecular weight is 434 g/mol. The summed E-state index contributed by atoms with van der Waals surface area (Å²) < 4.78 is 10.2. The molecule has 0 aliphatic rings. The molecule has 128 valence electrons. The number of rotatable bonds is 8. The maximum absolute atomic E-state index is 5.26. The standard InChI is InChI=1S/C14H22N6O2.HI/c1-3-15-14(17-8-10-21-2)16-7-6-12-18-13(20-19-12)11-5-4-9-22-11;/h4-5,9H,3,6-8,10H2,1-2H3,(H2,15,16,17)(H,18,19,20);1H. The number of nitrogens with zero attached hydrogens (tertiary/aromatic N) is 3. The molecule has 0 saturated heterocycles. The molecule has 23 heavy (non-hydrogen) atoms. The first kappa shape index (κ1) is 19.4. The number of aromatic nitrogens is 3. The lowest BCUT2D eigenvalue weighted by Crippen LogP contribution is -2.38. The molecule has 0 unspecified atom stereocenters. The van der Waals surface area contributed by atoms with Crippen molar-refractivity contribution in [1.29, 1.82) is 0 Å². The second-order valence-electron chi connectivity index (χ2n) is 4.51. The van der Waals surface area contributed by atoms with E-state index in [1.807, 2.05) is 19.1 Å². The van der Waals surface area contributed by atoms with Crippen molar-refractivity contribution in [3.63, 3.8) is 0 Å². The first-order valence-electron chi connectivity index (χ1n) is 7.29.